The zero-order valence-electron chi connectivity index (χ0n) is 23.5. The molecule has 2 N–H and O–H groups in total. The van der Waals surface area contributed by atoms with Crippen molar-refractivity contribution < 1.29 is 43.6 Å². The average Bonchev–Trinajstić information content (AvgIpc) is 3.22. The summed E-state index contributed by atoms with van der Waals surface area (Å²) in [7, 11) is 0. The van der Waals surface area contributed by atoms with Crippen molar-refractivity contribution in [3.05, 3.63) is 83.1 Å². The third-order valence-electron chi connectivity index (χ3n) is 6.91. The van der Waals surface area contributed by atoms with Crippen LogP contribution in [-0.4, -0.2) is 71.2 Å². The van der Waals surface area contributed by atoms with Crippen LogP contribution in [0.4, 0.5) is 0 Å². The van der Waals surface area contributed by atoms with Gasteiger partial charge in [-0.1, -0.05) is 26.5 Å². The number of Topliss-reactive ketones (excluding diaryl/α,β-unsaturated/α-hetero) is 2. The number of aliphatic hydroxyl groups is 1. The second-order valence-electron chi connectivity index (χ2n) is 10.3. The van der Waals surface area contributed by atoms with Crippen molar-refractivity contribution >= 4 is 34.4 Å². The molecule has 0 saturated heterocycles. The molecule has 4 rings (SSSR count). The van der Waals surface area contributed by atoms with Crippen molar-refractivity contribution in [3.8, 4) is 5.75 Å². The second kappa shape index (κ2) is 13.5. The van der Waals surface area contributed by atoms with Crippen molar-refractivity contribution in [2.75, 3.05) is 26.4 Å². The van der Waals surface area contributed by atoms with Gasteiger partial charge in [0.1, 0.15) is 30.1 Å². The molecular formula is C32H33NO9. The second-order valence-corrected chi connectivity index (χ2v) is 10.3. The number of ether oxygens (including phenoxy) is 3. The Labute approximate surface area is 242 Å². The number of aliphatic hydroxyl groups excluding tert-OH is 1. The maximum atomic E-state index is 13.3. The van der Waals surface area contributed by atoms with E-state index >= 15 is 0 Å². The largest absolute Gasteiger partial charge is 0.506 e. The zero-order valence-corrected chi connectivity index (χ0v) is 23.5. The van der Waals surface area contributed by atoms with Crippen LogP contribution < -0.4 is 0 Å². The van der Waals surface area contributed by atoms with Crippen molar-refractivity contribution in [2.45, 2.75) is 44.6 Å². The number of hydrogen-bond acceptors (Lipinski definition) is 10. The molecule has 0 amide bonds. The van der Waals surface area contributed by atoms with E-state index in [4.69, 9.17) is 14.2 Å². The van der Waals surface area contributed by atoms with Crippen LogP contribution in [0.3, 0.4) is 0 Å². The molecule has 1 aromatic heterocycles. The lowest BCUT2D eigenvalue weighted by molar-refractivity contribution is -0.137. The van der Waals surface area contributed by atoms with Gasteiger partial charge in [-0.2, -0.15) is 0 Å². The predicted molar refractivity (Wildman–Crippen MR) is 153 cm³/mol. The molecule has 2 aromatic carbocycles. The minimum Gasteiger partial charge on any atom is -0.506 e. The van der Waals surface area contributed by atoms with Gasteiger partial charge in [0, 0.05) is 29.2 Å². The summed E-state index contributed by atoms with van der Waals surface area (Å²) in [5.41, 5.74) is 1.79. The van der Waals surface area contributed by atoms with Crippen molar-refractivity contribution in [2.24, 2.45) is 0 Å². The normalized spacial score (nSPS) is 15.1. The summed E-state index contributed by atoms with van der Waals surface area (Å²) in [5, 5.41) is 21.5. The molecule has 1 heterocycles. The number of esters is 2. The van der Waals surface area contributed by atoms with Crippen LogP contribution in [0, 0.1) is 0 Å². The van der Waals surface area contributed by atoms with Gasteiger partial charge in [-0.05, 0) is 60.7 Å². The summed E-state index contributed by atoms with van der Waals surface area (Å²) in [6.45, 7) is 7.56. The highest BCUT2D eigenvalue weighted by Gasteiger charge is 2.42. The van der Waals surface area contributed by atoms with Crippen molar-refractivity contribution in [1.82, 2.24) is 4.98 Å². The first kappa shape index (κ1) is 30.5. The molecular weight excluding hydrogens is 542 g/mol. The predicted octanol–water partition coefficient (Wildman–Crippen LogP) is 4.27. The molecule has 2 unspecified atom stereocenters. The van der Waals surface area contributed by atoms with E-state index in [9.17, 15) is 29.4 Å². The van der Waals surface area contributed by atoms with Gasteiger partial charge in [-0.15, -0.1) is 0 Å². The molecule has 2 atom stereocenters. The number of fused-ring (bicyclic) bond motifs is 2. The van der Waals surface area contributed by atoms with E-state index in [-0.39, 0.29) is 53.9 Å². The van der Waals surface area contributed by atoms with Gasteiger partial charge in [-0.3, -0.25) is 9.59 Å². The van der Waals surface area contributed by atoms with Crippen LogP contribution in [0.25, 0.3) is 10.9 Å². The lowest BCUT2D eigenvalue weighted by Gasteiger charge is -2.12. The Bertz CT molecular complexity index is 1530. The molecule has 42 heavy (non-hydrogen) atoms. The lowest BCUT2D eigenvalue weighted by Crippen LogP contribution is -2.24. The van der Waals surface area contributed by atoms with Gasteiger partial charge in [0.2, 0.25) is 0 Å². The molecule has 1 aliphatic carbocycles. The third kappa shape index (κ3) is 6.89. The monoisotopic (exact) mass is 575 g/mol. The molecule has 0 saturated carbocycles. The SMILES string of the molecule is C=CC(=O)OCCCCOCC(O)COC(=O)c1ccc2c(c1)C(=O)C(c1nc3ccc(C(C)C)cc3cc1O)C2=O. The summed E-state index contributed by atoms with van der Waals surface area (Å²) >= 11 is 0. The Morgan fingerprint density at radius 2 is 1.71 bits per heavy atom. The molecule has 0 aliphatic heterocycles. The maximum Gasteiger partial charge on any atom is 0.338 e. The Hall–Kier alpha value is -4.41. The summed E-state index contributed by atoms with van der Waals surface area (Å²) in [4.78, 5) is 54.6. The number of carbonyl (C=O) groups excluding carboxylic acids is 4. The van der Waals surface area contributed by atoms with E-state index in [0.717, 1.165) is 11.6 Å². The lowest BCUT2D eigenvalue weighted by atomic mass is 9.96. The number of aromatic hydroxyl groups is 1. The standard InChI is InChI=1S/C32H33NO9/c1-4-27(36)41-12-6-5-11-40-16-22(34)17-42-32(39)20-7-9-23-24(14-20)31(38)28(30(23)37)29-26(35)15-21-13-19(18(2)3)8-10-25(21)33-29/h4,7-10,13-15,18,22,28,34-35H,1,5-6,11-12,16-17H2,2-3H3. The Morgan fingerprint density at radius 3 is 2.45 bits per heavy atom. The van der Waals surface area contributed by atoms with Gasteiger partial charge >= 0.3 is 11.9 Å². The number of aromatic nitrogens is 1. The fourth-order valence-electron chi connectivity index (χ4n) is 4.60. The first-order chi connectivity index (χ1) is 20.1. The van der Waals surface area contributed by atoms with Crippen LogP contribution in [0.1, 0.15) is 80.9 Å². The van der Waals surface area contributed by atoms with Crippen LogP contribution >= 0.6 is 0 Å². The number of pyridine rings is 1. The molecule has 10 heteroatoms. The molecule has 0 spiro atoms. The van der Waals surface area contributed by atoms with E-state index in [1.165, 1.54) is 24.3 Å². The number of benzene rings is 2. The van der Waals surface area contributed by atoms with Gasteiger partial charge < -0.3 is 24.4 Å². The molecule has 0 bridgehead atoms. The summed E-state index contributed by atoms with van der Waals surface area (Å²) in [5.74, 6) is -3.66. The maximum absolute atomic E-state index is 13.3. The van der Waals surface area contributed by atoms with Crippen molar-refractivity contribution in [3.63, 3.8) is 0 Å². The summed E-state index contributed by atoms with van der Waals surface area (Å²) in [6, 6.07) is 11.2. The fraction of sp³-hybridized carbons (Fsp3) is 0.344. The minimum absolute atomic E-state index is 0.0315. The van der Waals surface area contributed by atoms with Crippen LogP contribution in [-0.2, 0) is 19.0 Å². The highest BCUT2D eigenvalue weighted by molar-refractivity contribution is 6.30. The number of nitrogens with zero attached hydrogens (tertiary/aromatic N) is 1. The van der Waals surface area contributed by atoms with Crippen LogP contribution in [0.2, 0.25) is 0 Å². The van der Waals surface area contributed by atoms with E-state index in [2.05, 4.69) is 25.4 Å². The fourth-order valence-corrected chi connectivity index (χ4v) is 4.60. The zero-order chi connectivity index (χ0) is 30.4. The van der Waals surface area contributed by atoms with E-state index in [1.807, 2.05) is 12.1 Å². The Morgan fingerprint density at radius 1 is 0.976 bits per heavy atom. The average molecular weight is 576 g/mol. The van der Waals surface area contributed by atoms with Crippen LogP contribution in [0.15, 0.2) is 55.1 Å². The van der Waals surface area contributed by atoms with E-state index < -0.39 is 35.5 Å². The van der Waals surface area contributed by atoms with E-state index in [1.54, 1.807) is 6.07 Å². The number of ketones is 2. The first-order valence-electron chi connectivity index (χ1n) is 13.7. The molecule has 10 nitrogen and oxygen atoms in total. The minimum atomic E-state index is -1.33. The summed E-state index contributed by atoms with van der Waals surface area (Å²) in [6.07, 6.45) is 1.20. The molecule has 220 valence electrons. The molecule has 0 fully saturated rings. The Balaban J connectivity index is 1.35. The molecule has 3 aromatic rings. The number of unbranched alkanes of at least 4 members (excludes halogenated alkanes) is 1. The number of hydrogen-bond donors (Lipinski definition) is 2. The third-order valence-corrected chi connectivity index (χ3v) is 6.91. The highest BCUT2D eigenvalue weighted by atomic mass is 16.5. The van der Waals surface area contributed by atoms with Gasteiger partial charge in [0.25, 0.3) is 0 Å². The molecule has 0 radical (unpaired) electrons. The quantitative estimate of drug-likeness (QED) is 0.131. The number of carbonyl (C=O) groups is 4. The van der Waals surface area contributed by atoms with E-state index in [0.29, 0.717) is 30.4 Å². The van der Waals surface area contributed by atoms with Crippen molar-refractivity contribution in [1.29, 1.82) is 0 Å². The first-order valence-corrected chi connectivity index (χ1v) is 13.7. The molecule has 1 aliphatic rings. The van der Waals surface area contributed by atoms with Gasteiger partial charge in [0.05, 0.1) is 24.3 Å². The summed E-state index contributed by atoms with van der Waals surface area (Å²) < 4.78 is 15.4. The number of rotatable bonds is 13. The van der Waals surface area contributed by atoms with Crippen LogP contribution in [0.5, 0.6) is 5.75 Å². The Kier molecular flexibility index (Phi) is 9.82. The van der Waals surface area contributed by atoms with Gasteiger partial charge in [0.15, 0.2) is 11.6 Å². The highest BCUT2D eigenvalue weighted by Crippen LogP contribution is 2.38. The smallest absolute Gasteiger partial charge is 0.338 e. The van der Waals surface area contributed by atoms with Gasteiger partial charge in [-0.25, -0.2) is 14.6 Å². The topological polar surface area (TPSA) is 149 Å².